The summed E-state index contributed by atoms with van der Waals surface area (Å²) in [5.74, 6) is 1.00. The summed E-state index contributed by atoms with van der Waals surface area (Å²) in [6.45, 7) is 2.40. The maximum absolute atomic E-state index is 12.8. The first-order valence-corrected chi connectivity index (χ1v) is 7.46. The van der Waals surface area contributed by atoms with Gasteiger partial charge < -0.3 is 16.0 Å². The Bertz CT molecular complexity index is 567. The van der Waals surface area contributed by atoms with Gasteiger partial charge in [-0.05, 0) is 25.3 Å². The van der Waals surface area contributed by atoms with Crippen molar-refractivity contribution in [2.24, 2.45) is 11.1 Å². The molecule has 1 saturated heterocycles. The fourth-order valence-electron chi connectivity index (χ4n) is 3.88. The highest BCUT2D eigenvalue weighted by Crippen LogP contribution is 2.47. The third-order valence-electron chi connectivity index (χ3n) is 5.30. The third-order valence-corrected chi connectivity index (χ3v) is 5.30. The van der Waals surface area contributed by atoms with E-state index in [2.05, 4.69) is 10.3 Å². The van der Waals surface area contributed by atoms with Gasteiger partial charge in [0, 0.05) is 48.4 Å². The summed E-state index contributed by atoms with van der Waals surface area (Å²) >= 11 is 0. The molecule has 3 heterocycles. The molecule has 0 bridgehead atoms. The first-order chi connectivity index (χ1) is 9.70. The smallest absolute Gasteiger partial charge is 0.254 e. The molecular weight excluding hydrogens is 252 g/mol. The average Bonchev–Trinajstić information content (AvgIpc) is 3.00. The van der Waals surface area contributed by atoms with Crippen LogP contribution >= 0.6 is 0 Å². The van der Waals surface area contributed by atoms with E-state index >= 15 is 0 Å². The molecule has 1 aliphatic carbocycles. The second kappa shape index (κ2) is 4.19. The van der Waals surface area contributed by atoms with Crippen LogP contribution < -0.4 is 11.1 Å². The lowest BCUT2D eigenvalue weighted by molar-refractivity contribution is 0.0726. The molecule has 1 saturated carbocycles. The van der Waals surface area contributed by atoms with E-state index in [1.54, 1.807) is 6.20 Å². The van der Waals surface area contributed by atoms with Gasteiger partial charge in [-0.3, -0.25) is 4.79 Å². The number of nitrogens with zero attached hydrogens (tertiary/aromatic N) is 2. The molecule has 1 atom stereocenters. The van der Waals surface area contributed by atoms with Crippen molar-refractivity contribution in [1.29, 1.82) is 0 Å². The molecule has 3 N–H and O–H groups in total. The number of pyridine rings is 1. The van der Waals surface area contributed by atoms with Crippen LogP contribution in [0.1, 0.15) is 35.2 Å². The minimum Gasteiger partial charge on any atom is -0.369 e. The van der Waals surface area contributed by atoms with Crippen molar-refractivity contribution < 1.29 is 4.79 Å². The Morgan fingerprint density at radius 1 is 1.50 bits per heavy atom. The van der Waals surface area contributed by atoms with Crippen molar-refractivity contribution in [3.05, 3.63) is 23.4 Å². The number of likely N-dealkylation sites (tertiary alicyclic amines) is 1. The van der Waals surface area contributed by atoms with E-state index in [4.69, 9.17) is 5.73 Å². The number of hydrogen-bond acceptors (Lipinski definition) is 4. The van der Waals surface area contributed by atoms with Crippen LogP contribution in [0.5, 0.6) is 0 Å². The number of fused-ring (bicyclic) bond motifs is 1. The molecular formula is C15H20N4O. The highest BCUT2D eigenvalue weighted by atomic mass is 16.2. The first-order valence-electron chi connectivity index (χ1n) is 7.46. The van der Waals surface area contributed by atoms with E-state index < -0.39 is 0 Å². The van der Waals surface area contributed by atoms with E-state index in [0.29, 0.717) is 6.54 Å². The van der Waals surface area contributed by atoms with Crippen molar-refractivity contribution in [1.82, 2.24) is 9.88 Å². The summed E-state index contributed by atoms with van der Waals surface area (Å²) in [6, 6.07) is 2.00. The maximum Gasteiger partial charge on any atom is 0.254 e. The molecule has 0 radical (unpaired) electrons. The molecule has 1 aromatic heterocycles. The number of rotatable bonds is 1. The van der Waals surface area contributed by atoms with E-state index in [1.165, 1.54) is 19.3 Å². The van der Waals surface area contributed by atoms with Gasteiger partial charge in [-0.2, -0.15) is 0 Å². The topological polar surface area (TPSA) is 71.2 Å². The Balaban J connectivity index is 1.61. The maximum atomic E-state index is 12.8. The first kappa shape index (κ1) is 12.1. The van der Waals surface area contributed by atoms with Gasteiger partial charge in [0.15, 0.2) is 0 Å². The highest BCUT2D eigenvalue weighted by molar-refractivity contribution is 5.97. The molecule has 1 unspecified atom stereocenters. The summed E-state index contributed by atoms with van der Waals surface area (Å²) in [4.78, 5) is 19.0. The van der Waals surface area contributed by atoms with Crippen LogP contribution in [0.15, 0.2) is 12.3 Å². The second-order valence-electron chi connectivity index (χ2n) is 6.37. The van der Waals surface area contributed by atoms with E-state index in [9.17, 15) is 4.79 Å². The van der Waals surface area contributed by atoms with E-state index in [-0.39, 0.29) is 17.4 Å². The Kier molecular flexibility index (Phi) is 2.54. The van der Waals surface area contributed by atoms with Crippen LogP contribution in [0.3, 0.4) is 0 Å². The average molecular weight is 272 g/mol. The molecule has 3 aliphatic rings. The lowest BCUT2D eigenvalue weighted by Crippen LogP contribution is -2.45. The predicted octanol–water partition coefficient (Wildman–Crippen LogP) is 1.00. The van der Waals surface area contributed by atoms with Crippen LogP contribution in [0, 0.1) is 5.41 Å². The molecule has 1 spiro atoms. The van der Waals surface area contributed by atoms with Gasteiger partial charge in [-0.15, -0.1) is 0 Å². The van der Waals surface area contributed by atoms with Crippen LogP contribution in [-0.4, -0.2) is 41.5 Å². The normalized spacial score (nSPS) is 26.2. The predicted molar refractivity (Wildman–Crippen MR) is 76.6 cm³/mol. The van der Waals surface area contributed by atoms with Gasteiger partial charge in [-0.25, -0.2) is 4.98 Å². The van der Waals surface area contributed by atoms with Gasteiger partial charge in [0.05, 0.1) is 0 Å². The monoisotopic (exact) mass is 272 g/mol. The molecule has 1 aromatic rings. The van der Waals surface area contributed by atoms with Crippen LogP contribution in [0.2, 0.25) is 0 Å². The summed E-state index contributed by atoms with van der Waals surface area (Å²) in [7, 11) is 0. The lowest BCUT2D eigenvalue weighted by atomic mass is 9.66. The Hall–Kier alpha value is -1.62. The molecule has 1 amide bonds. The lowest BCUT2D eigenvalue weighted by Gasteiger charge is -2.41. The molecule has 2 fully saturated rings. The van der Waals surface area contributed by atoms with Gasteiger partial charge in [0.25, 0.3) is 5.91 Å². The molecule has 106 valence electrons. The zero-order valence-electron chi connectivity index (χ0n) is 11.6. The van der Waals surface area contributed by atoms with Crippen molar-refractivity contribution in [2.75, 3.05) is 25.0 Å². The van der Waals surface area contributed by atoms with Crippen molar-refractivity contribution in [2.45, 2.75) is 31.7 Å². The van der Waals surface area contributed by atoms with Crippen molar-refractivity contribution in [3.8, 4) is 0 Å². The zero-order chi connectivity index (χ0) is 13.7. The third kappa shape index (κ3) is 1.59. The van der Waals surface area contributed by atoms with Crippen LogP contribution in [0.4, 0.5) is 5.82 Å². The number of amides is 1. The number of carbonyl (C=O) groups is 1. The zero-order valence-corrected chi connectivity index (χ0v) is 11.6. The number of anilines is 1. The van der Waals surface area contributed by atoms with Gasteiger partial charge in [0.2, 0.25) is 0 Å². The largest absolute Gasteiger partial charge is 0.369 e. The van der Waals surface area contributed by atoms with Crippen molar-refractivity contribution >= 4 is 11.7 Å². The van der Waals surface area contributed by atoms with Gasteiger partial charge >= 0.3 is 0 Å². The summed E-state index contributed by atoms with van der Waals surface area (Å²) in [5, 5.41) is 3.23. The van der Waals surface area contributed by atoms with E-state index in [1.807, 2.05) is 11.0 Å². The van der Waals surface area contributed by atoms with Crippen LogP contribution in [-0.2, 0) is 6.42 Å². The number of hydrogen-bond donors (Lipinski definition) is 2. The number of carbonyl (C=O) groups excluding carboxylic acids is 1. The summed E-state index contributed by atoms with van der Waals surface area (Å²) in [5.41, 5.74) is 8.37. The Morgan fingerprint density at radius 2 is 2.35 bits per heavy atom. The SMILES string of the molecule is NC1CN(C(=O)c2ccnc3c2CCN3)CC12CCC2. The highest BCUT2D eigenvalue weighted by Gasteiger charge is 2.50. The van der Waals surface area contributed by atoms with Crippen molar-refractivity contribution in [3.63, 3.8) is 0 Å². The molecule has 5 heteroatoms. The molecule has 2 aliphatic heterocycles. The quantitative estimate of drug-likeness (QED) is 0.800. The summed E-state index contributed by atoms with van der Waals surface area (Å²) < 4.78 is 0. The van der Waals surface area contributed by atoms with Gasteiger partial charge in [-0.1, -0.05) is 6.42 Å². The Morgan fingerprint density at radius 3 is 3.05 bits per heavy atom. The van der Waals surface area contributed by atoms with Gasteiger partial charge in [0.1, 0.15) is 5.82 Å². The number of aromatic nitrogens is 1. The molecule has 20 heavy (non-hydrogen) atoms. The summed E-state index contributed by atoms with van der Waals surface area (Å²) in [6.07, 6.45) is 6.21. The minimum atomic E-state index is 0.131. The number of nitrogens with two attached hydrogens (primary N) is 1. The standard InChI is InChI=1S/C15H20N4O/c16-12-8-19(9-15(12)4-1-5-15)14(20)11-3-7-18-13-10(11)2-6-17-13/h3,7,12H,1-2,4-6,8-9,16H2,(H,17,18). The molecule has 4 rings (SSSR count). The second-order valence-corrected chi connectivity index (χ2v) is 6.37. The van der Waals surface area contributed by atoms with Crippen LogP contribution in [0.25, 0.3) is 0 Å². The minimum absolute atomic E-state index is 0.131. The van der Waals surface area contributed by atoms with E-state index in [0.717, 1.165) is 36.5 Å². The fourth-order valence-corrected chi connectivity index (χ4v) is 3.88. The molecule has 0 aromatic carbocycles. The fraction of sp³-hybridized carbons (Fsp3) is 0.600. The molecule has 5 nitrogen and oxygen atoms in total. The number of nitrogens with one attached hydrogen (secondary N) is 1. The Labute approximate surface area is 118 Å².